The highest BCUT2D eigenvalue weighted by atomic mass is 79.9. The smallest absolute Gasteiger partial charge is 0.168 e. The van der Waals surface area contributed by atoms with Gasteiger partial charge < -0.3 is 4.90 Å². The molecule has 0 fully saturated rings. The monoisotopic (exact) mass is 323 g/mol. The Balaban J connectivity index is 2.16. The Labute approximate surface area is 119 Å². The molecule has 0 radical (unpaired) electrons. The van der Waals surface area contributed by atoms with Crippen molar-refractivity contribution < 1.29 is 4.79 Å². The highest BCUT2D eigenvalue weighted by Gasteiger charge is 2.09. The molecule has 2 rings (SSSR count). The molecular formula is C14H14BrNOS. The highest BCUT2D eigenvalue weighted by Crippen LogP contribution is 2.24. The zero-order valence-corrected chi connectivity index (χ0v) is 12.7. The number of thiophene rings is 1. The molecule has 0 amide bonds. The summed E-state index contributed by atoms with van der Waals surface area (Å²) < 4.78 is 1.06. The van der Waals surface area contributed by atoms with Crippen molar-refractivity contribution in [3.05, 3.63) is 50.6 Å². The van der Waals surface area contributed by atoms with Crippen LogP contribution in [-0.4, -0.2) is 19.9 Å². The van der Waals surface area contributed by atoms with Gasteiger partial charge in [0, 0.05) is 36.6 Å². The Morgan fingerprint density at radius 3 is 2.67 bits per heavy atom. The molecule has 0 N–H and O–H groups in total. The number of hydrogen-bond acceptors (Lipinski definition) is 3. The third-order valence-corrected chi connectivity index (χ3v) is 4.27. The van der Waals surface area contributed by atoms with Gasteiger partial charge in [-0.25, -0.2) is 0 Å². The summed E-state index contributed by atoms with van der Waals surface area (Å²) in [5.41, 5.74) is 1.82. The Morgan fingerprint density at radius 2 is 2.06 bits per heavy atom. The van der Waals surface area contributed by atoms with Gasteiger partial charge in [-0.15, -0.1) is 11.3 Å². The maximum absolute atomic E-state index is 12.2. The van der Waals surface area contributed by atoms with Crippen LogP contribution < -0.4 is 4.90 Å². The second-order valence-corrected chi connectivity index (χ2v) is 6.80. The third kappa shape index (κ3) is 3.21. The lowest BCUT2D eigenvalue weighted by atomic mass is 10.1. The molecule has 94 valence electrons. The highest BCUT2D eigenvalue weighted by molar-refractivity contribution is 9.11. The first kappa shape index (κ1) is 13.3. The molecule has 4 heteroatoms. The molecule has 1 heterocycles. The molecule has 0 aliphatic heterocycles. The van der Waals surface area contributed by atoms with Crippen LogP contribution in [0.15, 0.2) is 40.2 Å². The zero-order valence-electron chi connectivity index (χ0n) is 10.3. The van der Waals surface area contributed by atoms with Crippen molar-refractivity contribution in [2.45, 2.75) is 6.42 Å². The second-order valence-electron chi connectivity index (χ2n) is 4.25. The van der Waals surface area contributed by atoms with E-state index in [0.717, 1.165) is 19.9 Å². The molecule has 2 nitrogen and oxygen atoms in total. The number of anilines is 1. The van der Waals surface area contributed by atoms with E-state index in [4.69, 9.17) is 0 Å². The lowest BCUT2D eigenvalue weighted by Gasteiger charge is -2.13. The standard InChI is InChI=1S/C14H14BrNOS/c1-16(2)11-5-3-4-10(8-11)13(17)9-12-6-7-14(15)18-12/h3-8H,9H2,1-2H3. The summed E-state index contributed by atoms with van der Waals surface area (Å²) >= 11 is 5.02. The summed E-state index contributed by atoms with van der Waals surface area (Å²) in [6, 6.07) is 11.7. The van der Waals surface area contributed by atoms with Crippen LogP contribution in [-0.2, 0) is 6.42 Å². The predicted octanol–water partition coefficient (Wildman–Crippen LogP) is 4.00. The van der Waals surface area contributed by atoms with Crippen LogP contribution in [0.1, 0.15) is 15.2 Å². The molecule has 0 saturated carbocycles. The van der Waals surface area contributed by atoms with E-state index in [9.17, 15) is 4.79 Å². The minimum atomic E-state index is 0.160. The van der Waals surface area contributed by atoms with Crippen molar-refractivity contribution in [3.63, 3.8) is 0 Å². The first-order valence-corrected chi connectivity index (χ1v) is 7.22. The van der Waals surface area contributed by atoms with Gasteiger partial charge in [0.2, 0.25) is 0 Å². The van der Waals surface area contributed by atoms with Crippen LogP contribution in [0.4, 0.5) is 5.69 Å². The van der Waals surface area contributed by atoms with Crippen molar-refractivity contribution in [1.82, 2.24) is 0 Å². The summed E-state index contributed by atoms with van der Waals surface area (Å²) in [5, 5.41) is 0. The summed E-state index contributed by atoms with van der Waals surface area (Å²) in [6.45, 7) is 0. The van der Waals surface area contributed by atoms with Gasteiger partial charge in [-0.2, -0.15) is 0 Å². The average Bonchev–Trinajstić information content (AvgIpc) is 2.75. The number of carbonyl (C=O) groups excluding carboxylic acids is 1. The lowest BCUT2D eigenvalue weighted by molar-refractivity contribution is 0.0994. The fraction of sp³-hybridized carbons (Fsp3) is 0.214. The third-order valence-electron chi connectivity index (χ3n) is 2.65. The topological polar surface area (TPSA) is 20.3 Å². The molecule has 2 aromatic rings. The van der Waals surface area contributed by atoms with E-state index >= 15 is 0 Å². The van der Waals surface area contributed by atoms with E-state index in [2.05, 4.69) is 15.9 Å². The average molecular weight is 324 g/mol. The van der Waals surface area contributed by atoms with E-state index < -0.39 is 0 Å². The van der Waals surface area contributed by atoms with Crippen molar-refractivity contribution in [1.29, 1.82) is 0 Å². The van der Waals surface area contributed by atoms with Gasteiger partial charge in [-0.1, -0.05) is 12.1 Å². The van der Waals surface area contributed by atoms with Gasteiger partial charge in [-0.05, 0) is 40.2 Å². The SMILES string of the molecule is CN(C)c1cccc(C(=O)Cc2ccc(Br)s2)c1. The van der Waals surface area contributed by atoms with E-state index in [1.165, 1.54) is 0 Å². The number of Topliss-reactive ketones (excluding diaryl/α,β-unsaturated/α-hetero) is 1. The van der Waals surface area contributed by atoms with E-state index in [0.29, 0.717) is 6.42 Å². The Bertz CT molecular complexity index is 562. The summed E-state index contributed by atoms with van der Waals surface area (Å²) in [7, 11) is 3.94. The number of rotatable bonds is 4. The molecular weight excluding hydrogens is 310 g/mol. The first-order valence-electron chi connectivity index (χ1n) is 5.61. The van der Waals surface area contributed by atoms with Crippen molar-refractivity contribution in [3.8, 4) is 0 Å². The summed E-state index contributed by atoms with van der Waals surface area (Å²) in [4.78, 5) is 15.3. The summed E-state index contributed by atoms with van der Waals surface area (Å²) in [6.07, 6.45) is 0.465. The quantitative estimate of drug-likeness (QED) is 0.792. The maximum Gasteiger partial charge on any atom is 0.168 e. The van der Waals surface area contributed by atoms with Gasteiger partial charge in [0.25, 0.3) is 0 Å². The second kappa shape index (κ2) is 5.67. The van der Waals surface area contributed by atoms with Crippen molar-refractivity contribution in [2.24, 2.45) is 0 Å². The lowest BCUT2D eigenvalue weighted by Crippen LogP contribution is -2.10. The van der Waals surface area contributed by atoms with Crippen molar-refractivity contribution >= 4 is 38.7 Å². The van der Waals surface area contributed by atoms with Crippen molar-refractivity contribution in [2.75, 3.05) is 19.0 Å². The van der Waals surface area contributed by atoms with E-state index in [1.807, 2.05) is 55.4 Å². The van der Waals surface area contributed by atoms with Crippen LogP contribution in [0, 0.1) is 0 Å². The Hall–Kier alpha value is -1.13. The van der Waals surface area contributed by atoms with Gasteiger partial charge in [-0.3, -0.25) is 4.79 Å². The minimum Gasteiger partial charge on any atom is -0.378 e. The van der Waals surface area contributed by atoms with Gasteiger partial charge in [0.05, 0.1) is 3.79 Å². The van der Waals surface area contributed by atoms with Gasteiger partial charge in [0.1, 0.15) is 0 Å². The fourth-order valence-electron chi connectivity index (χ4n) is 1.66. The number of carbonyl (C=O) groups is 1. The normalized spacial score (nSPS) is 10.4. The molecule has 0 aliphatic rings. The summed E-state index contributed by atoms with van der Waals surface area (Å²) in [5.74, 6) is 0.160. The molecule has 0 atom stereocenters. The van der Waals surface area contributed by atoms with Crippen LogP contribution in [0.3, 0.4) is 0 Å². The van der Waals surface area contributed by atoms with Crippen LogP contribution in [0.5, 0.6) is 0 Å². The minimum absolute atomic E-state index is 0.160. The Morgan fingerprint density at radius 1 is 1.28 bits per heavy atom. The molecule has 0 unspecified atom stereocenters. The van der Waals surface area contributed by atoms with Crippen LogP contribution in [0.2, 0.25) is 0 Å². The van der Waals surface area contributed by atoms with Crippen LogP contribution >= 0.6 is 27.3 Å². The molecule has 0 spiro atoms. The maximum atomic E-state index is 12.2. The predicted molar refractivity (Wildman–Crippen MR) is 80.8 cm³/mol. The molecule has 1 aromatic carbocycles. The number of halogens is 1. The molecule has 1 aromatic heterocycles. The molecule has 18 heavy (non-hydrogen) atoms. The molecule has 0 aliphatic carbocycles. The van der Waals surface area contributed by atoms with Crippen LogP contribution in [0.25, 0.3) is 0 Å². The number of nitrogens with zero attached hydrogens (tertiary/aromatic N) is 1. The first-order chi connectivity index (χ1) is 8.56. The van der Waals surface area contributed by atoms with Gasteiger partial charge in [0.15, 0.2) is 5.78 Å². The zero-order chi connectivity index (χ0) is 13.1. The number of ketones is 1. The van der Waals surface area contributed by atoms with E-state index in [-0.39, 0.29) is 5.78 Å². The van der Waals surface area contributed by atoms with E-state index in [1.54, 1.807) is 11.3 Å². The fourth-order valence-corrected chi connectivity index (χ4v) is 3.15. The number of hydrogen-bond donors (Lipinski definition) is 0. The molecule has 0 bridgehead atoms. The Kier molecular flexibility index (Phi) is 4.19. The van der Waals surface area contributed by atoms with Gasteiger partial charge >= 0.3 is 0 Å². The molecule has 0 saturated heterocycles. The largest absolute Gasteiger partial charge is 0.378 e. The number of benzene rings is 1.